The van der Waals surface area contributed by atoms with Gasteiger partial charge in [0, 0.05) is 34.5 Å². The fraction of sp³-hybridized carbons (Fsp3) is 0.120. The number of ether oxygens (including phenoxy) is 1. The Morgan fingerprint density at radius 2 is 1.62 bits per heavy atom. The van der Waals surface area contributed by atoms with Gasteiger partial charge in [0.15, 0.2) is 0 Å². The number of benzene rings is 2. The van der Waals surface area contributed by atoms with E-state index in [9.17, 15) is 26.3 Å². The van der Waals surface area contributed by atoms with Crippen LogP contribution in [0.2, 0.25) is 0 Å². The zero-order valence-corrected chi connectivity index (χ0v) is 20.3. The molecule has 4 aromatic rings. The number of hydrogen-bond acceptors (Lipinski definition) is 7. The largest absolute Gasteiger partial charge is 0.490 e. The van der Waals surface area contributed by atoms with Gasteiger partial charge in [0.1, 0.15) is 12.1 Å². The van der Waals surface area contributed by atoms with E-state index in [1.54, 1.807) is 30.4 Å². The lowest BCUT2D eigenvalue weighted by atomic mass is 10.1. The van der Waals surface area contributed by atoms with E-state index in [1.165, 1.54) is 18.5 Å². The number of halogens is 6. The number of pyridine rings is 1. The van der Waals surface area contributed by atoms with Crippen LogP contribution in [0.1, 0.15) is 11.1 Å². The van der Waals surface area contributed by atoms with E-state index in [0.717, 1.165) is 28.3 Å². The molecular weight excluding hydrogens is 550 g/mol. The van der Waals surface area contributed by atoms with Crippen molar-refractivity contribution in [3.63, 3.8) is 0 Å². The molecular formula is C25H16F6N4O3S. The van der Waals surface area contributed by atoms with Gasteiger partial charge in [-0.15, -0.1) is 0 Å². The van der Waals surface area contributed by atoms with Crippen molar-refractivity contribution in [2.24, 2.45) is 0 Å². The first-order chi connectivity index (χ1) is 18.4. The fourth-order valence-corrected chi connectivity index (χ4v) is 4.40. The molecule has 0 fully saturated rings. The number of fused-ring (bicyclic) bond motifs is 1. The van der Waals surface area contributed by atoms with Crippen LogP contribution in [0.5, 0.6) is 11.6 Å². The van der Waals surface area contributed by atoms with Crippen LogP contribution in [0.3, 0.4) is 0 Å². The number of alkyl halides is 6. The van der Waals surface area contributed by atoms with Gasteiger partial charge in [0.2, 0.25) is 5.88 Å². The van der Waals surface area contributed by atoms with Crippen LogP contribution in [0.25, 0.3) is 11.3 Å². The van der Waals surface area contributed by atoms with E-state index in [-0.39, 0.29) is 0 Å². The van der Waals surface area contributed by atoms with Crippen molar-refractivity contribution in [2.75, 3.05) is 4.31 Å². The van der Waals surface area contributed by atoms with Crippen LogP contribution in [0.4, 0.5) is 32.0 Å². The van der Waals surface area contributed by atoms with Gasteiger partial charge in [-0.05, 0) is 48.3 Å². The Kier molecular flexibility index (Phi) is 7.95. The van der Waals surface area contributed by atoms with Gasteiger partial charge < -0.3 is 14.1 Å². The molecule has 0 saturated carbocycles. The summed E-state index contributed by atoms with van der Waals surface area (Å²) in [6.07, 6.45) is -4.63. The summed E-state index contributed by atoms with van der Waals surface area (Å²) in [5.74, 6) is -1.77. The summed E-state index contributed by atoms with van der Waals surface area (Å²) in [5, 5.41) is 7.12. The van der Waals surface area contributed by atoms with E-state index in [0.29, 0.717) is 29.4 Å². The molecule has 0 amide bonds. The lowest BCUT2D eigenvalue weighted by Gasteiger charge is -2.15. The molecule has 1 N–H and O–H groups in total. The Labute approximate surface area is 221 Å². The third-order valence-electron chi connectivity index (χ3n) is 5.16. The number of carboxylic acid groups (broad SMARTS) is 1. The minimum absolute atomic E-state index is 0.315. The van der Waals surface area contributed by atoms with Gasteiger partial charge in [-0.2, -0.15) is 26.3 Å². The van der Waals surface area contributed by atoms with Gasteiger partial charge in [-0.1, -0.05) is 18.2 Å². The molecule has 39 heavy (non-hydrogen) atoms. The Bertz CT molecular complexity index is 1450. The van der Waals surface area contributed by atoms with Crippen LogP contribution >= 0.6 is 11.9 Å². The first kappa shape index (κ1) is 27.7. The maximum atomic E-state index is 12.8. The molecule has 0 bridgehead atoms. The van der Waals surface area contributed by atoms with E-state index >= 15 is 0 Å². The molecule has 202 valence electrons. The molecule has 1 aliphatic heterocycles. The lowest BCUT2D eigenvalue weighted by Crippen LogP contribution is -2.21. The highest BCUT2D eigenvalue weighted by molar-refractivity contribution is 8.01. The summed E-state index contributed by atoms with van der Waals surface area (Å²) in [4.78, 5) is 22.4. The topological polar surface area (TPSA) is 88.4 Å². The second-order valence-electron chi connectivity index (χ2n) is 7.79. The molecule has 14 heteroatoms. The summed E-state index contributed by atoms with van der Waals surface area (Å²) in [6.45, 7) is 0.650. The third kappa shape index (κ3) is 6.96. The smallest absolute Gasteiger partial charge is 0.475 e. The van der Waals surface area contributed by atoms with Crippen molar-refractivity contribution in [3.05, 3.63) is 90.5 Å². The van der Waals surface area contributed by atoms with E-state index < -0.39 is 23.9 Å². The molecule has 0 aliphatic carbocycles. The summed E-state index contributed by atoms with van der Waals surface area (Å²) in [5.41, 5.74) is 2.39. The zero-order valence-electron chi connectivity index (χ0n) is 19.4. The molecule has 0 radical (unpaired) electrons. The SMILES string of the molecule is FC(F)(F)c1ccc(-c2cc(Oc3cccc4c3CN(c3ccncc3)S4)ncn2)cc1.O=C(O)C(F)(F)F. The second-order valence-corrected chi connectivity index (χ2v) is 8.85. The Morgan fingerprint density at radius 3 is 2.23 bits per heavy atom. The fourth-order valence-electron chi connectivity index (χ4n) is 3.33. The Balaban J connectivity index is 0.000000448. The van der Waals surface area contributed by atoms with E-state index in [2.05, 4.69) is 19.3 Å². The monoisotopic (exact) mass is 566 g/mol. The average molecular weight is 566 g/mol. The molecule has 2 aromatic heterocycles. The van der Waals surface area contributed by atoms with Crippen molar-refractivity contribution in [1.29, 1.82) is 0 Å². The molecule has 0 atom stereocenters. The van der Waals surface area contributed by atoms with Crippen molar-refractivity contribution < 1.29 is 41.0 Å². The quantitative estimate of drug-likeness (QED) is 0.209. The van der Waals surface area contributed by atoms with Crippen molar-refractivity contribution in [1.82, 2.24) is 15.0 Å². The number of carboxylic acids is 1. The molecule has 0 spiro atoms. The van der Waals surface area contributed by atoms with Crippen molar-refractivity contribution in [2.45, 2.75) is 23.8 Å². The summed E-state index contributed by atoms with van der Waals surface area (Å²) < 4.78 is 78.4. The summed E-state index contributed by atoms with van der Waals surface area (Å²) in [6, 6.07) is 16.2. The van der Waals surface area contributed by atoms with Crippen molar-refractivity contribution in [3.8, 4) is 22.9 Å². The minimum Gasteiger partial charge on any atom is -0.475 e. The zero-order chi connectivity index (χ0) is 28.2. The van der Waals surface area contributed by atoms with Crippen LogP contribution < -0.4 is 9.04 Å². The van der Waals surface area contributed by atoms with Gasteiger partial charge in [-0.25, -0.2) is 14.8 Å². The van der Waals surface area contributed by atoms with Crippen LogP contribution in [0, 0.1) is 0 Å². The number of aromatic nitrogens is 3. The van der Waals surface area contributed by atoms with Crippen LogP contribution in [-0.2, 0) is 17.5 Å². The highest BCUT2D eigenvalue weighted by atomic mass is 32.2. The molecule has 3 heterocycles. The van der Waals surface area contributed by atoms with E-state index in [1.807, 2.05) is 30.3 Å². The molecule has 0 saturated heterocycles. The maximum absolute atomic E-state index is 12.8. The van der Waals surface area contributed by atoms with Gasteiger partial charge >= 0.3 is 18.3 Å². The number of nitrogens with zero attached hydrogens (tertiary/aromatic N) is 4. The van der Waals surface area contributed by atoms with Gasteiger partial charge in [-0.3, -0.25) is 4.98 Å². The van der Waals surface area contributed by atoms with Crippen LogP contribution in [0.15, 0.2) is 84.3 Å². The highest BCUT2D eigenvalue weighted by Crippen LogP contribution is 2.44. The Hall–Kier alpha value is -4.33. The summed E-state index contributed by atoms with van der Waals surface area (Å²) >= 11 is 1.62. The number of hydrogen-bond donors (Lipinski definition) is 1. The van der Waals surface area contributed by atoms with Gasteiger partial charge in [0.25, 0.3) is 0 Å². The third-order valence-corrected chi connectivity index (χ3v) is 6.30. The molecule has 0 unspecified atom stereocenters. The summed E-state index contributed by atoms with van der Waals surface area (Å²) in [7, 11) is 0. The minimum atomic E-state index is -5.08. The normalized spacial score (nSPS) is 12.8. The predicted molar refractivity (Wildman–Crippen MR) is 129 cm³/mol. The standard InChI is InChI=1S/C23H15F3N4OS.C2HF3O2/c24-23(25,26)16-6-4-15(5-7-16)19-12-22(29-14-28-19)31-20-2-1-3-21-18(20)13-30(32-21)17-8-10-27-11-9-17;3-2(4,5)1(6)7/h1-12,14H,13H2;(H,6,7). The average Bonchev–Trinajstić information content (AvgIpc) is 3.34. The lowest BCUT2D eigenvalue weighted by molar-refractivity contribution is -0.192. The molecule has 1 aliphatic rings. The Morgan fingerprint density at radius 1 is 0.949 bits per heavy atom. The second kappa shape index (κ2) is 11.2. The first-order valence-corrected chi connectivity index (χ1v) is 11.6. The molecule has 7 nitrogen and oxygen atoms in total. The highest BCUT2D eigenvalue weighted by Gasteiger charge is 2.38. The van der Waals surface area contributed by atoms with Crippen molar-refractivity contribution >= 4 is 23.6 Å². The number of anilines is 1. The maximum Gasteiger partial charge on any atom is 0.490 e. The number of carbonyl (C=O) groups is 1. The van der Waals surface area contributed by atoms with Gasteiger partial charge in [0.05, 0.1) is 23.5 Å². The molecule has 2 aromatic carbocycles. The number of rotatable bonds is 4. The molecule has 5 rings (SSSR count). The first-order valence-electron chi connectivity index (χ1n) is 10.9. The van der Waals surface area contributed by atoms with E-state index in [4.69, 9.17) is 14.6 Å². The predicted octanol–water partition coefficient (Wildman–Crippen LogP) is 7.01. The van der Waals surface area contributed by atoms with Crippen LogP contribution in [-0.4, -0.2) is 32.2 Å². The number of aliphatic carboxylic acids is 1.